The molecule has 1 unspecified atom stereocenters. The Balaban J connectivity index is 1.81. The Morgan fingerprint density at radius 1 is 1.13 bits per heavy atom. The normalized spacial score (nSPS) is 16.7. The molecule has 2 heterocycles. The van der Waals surface area contributed by atoms with Crippen LogP contribution in [0.5, 0.6) is 0 Å². The van der Waals surface area contributed by atoms with Gasteiger partial charge in [0.1, 0.15) is 0 Å². The van der Waals surface area contributed by atoms with Crippen LogP contribution >= 0.6 is 35.4 Å². The summed E-state index contributed by atoms with van der Waals surface area (Å²) in [5.74, 6) is 0.927. The van der Waals surface area contributed by atoms with Crippen molar-refractivity contribution in [1.82, 2.24) is 20.4 Å². The number of allylic oxidation sites excluding steroid dienone is 1. The number of rotatable bonds is 5. The zero-order valence-corrected chi connectivity index (χ0v) is 18.9. The van der Waals surface area contributed by atoms with Gasteiger partial charge in [-0.3, -0.25) is 0 Å². The Morgan fingerprint density at radius 3 is 2.60 bits per heavy atom. The zero-order valence-electron chi connectivity index (χ0n) is 16.5. The molecule has 8 heteroatoms. The van der Waals surface area contributed by atoms with Crippen LogP contribution in [0.3, 0.4) is 0 Å². The van der Waals surface area contributed by atoms with Crippen molar-refractivity contribution in [1.29, 1.82) is 0 Å². The van der Waals surface area contributed by atoms with Crippen molar-refractivity contribution in [3.63, 3.8) is 0 Å². The van der Waals surface area contributed by atoms with E-state index in [4.69, 9.17) is 39.9 Å². The summed E-state index contributed by atoms with van der Waals surface area (Å²) in [7, 11) is 0. The quantitative estimate of drug-likeness (QED) is 0.465. The van der Waals surface area contributed by atoms with E-state index in [1.54, 1.807) is 0 Å². The summed E-state index contributed by atoms with van der Waals surface area (Å²) in [5.41, 5.74) is 3.68. The van der Waals surface area contributed by atoms with E-state index in [0.29, 0.717) is 26.9 Å². The molecule has 1 aliphatic rings. The minimum Gasteiger partial charge on any atom is -0.351 e. The lowest BCUT2D eigenvalue weighted by molar-refractivity contribution is 0.396. The maximum Gasteiger partial charge on any atom is 0.258 e. The molecule has 5 nitrogen and oxygen atoms in total. The highest BCUT2D eigenvalue weighted by Crippen LogP contribution is 2.37. The fourth-order valence-corrected chi connectivity index (χ4v) is 4.20. The van der Waals surface area contributed by atoms with E-state index in [1.807, 2.05) is 55.5 Å². The van der Waals surface area contributed by atoms with Crippen LogP contribution in [0.15, 0.2) is 58.8 Å². The first-order chi connectivity index (χ1) is 14.5. The summed E-state index contributed by atoms with van der Waals surface area (Å²) in [4.78, 5) is 6.75. The van der Waals surface area contributed by atoms with Gasteiger partial charge >= 0.3 is 0 Å². The number of nitrogens with one attached hydrogen (secondary N) is 1. The standard InChI is InChI=1S/C22H20Cl2N4OS/c1-3-11-28-13(2)18(19(25-22(28)30)14-7-9-16(23)10-8-14)21-26-20(27-29-21)15-5-4-6-17(24)12-15/h4-10,12,19H,3,11H2,1-2H3,(H,25,30). The Labute approximate surface area is 190 Å². The lowest BCUT2D eigenvalue weighted by atomic mass is 9.95. The maximum atomic E-state index is 6.12. The fraction of sp³-hybridized carbons (Fsp3) is 0.227. The summed E-state index contributed by atoms with van der Waals surface area (Å²) in [5, 5.41) is 9.59. The molecule has 1 N–H and O–H groups in total. The van der Waals surface area contributed by atoms with Gasteiger partial charge in [0, 0.05) is 27.9 Å². The number of benzene rings is 2. The molecule has 0 radical (unpaired) electrons. The van der Waals surface area contributed by atoms with Gasteiger partial charge in [0.25, 0.3) is 5.89 Å². The second-order valence-corrected chi connectivity index (χ2v) is 8.28. The highest BCUT2D eigenvalue weighted by atomic mass is 35.5. The van der Waals surface area contributed by atoms with Gasteiger partial charge in [-0.2, -0.15) is 4.98 Å². The van der Waals surface area contributed by atoms with Crippen molar-refractivity contribution < 1.29 is 4.52 Å². The van der Waals surface area contributed by atoms with Gasteiger partial charge in [-0.25, -0.2) is 0 Å². The molecule has 2 aromatic carbocycles. The average molecular weight is 459 g/mol. The summed E-state index contributed by atoms with van der Waals surface area (Å²) in [6, 6.07) is 14.8. The number of halogens is 2. The minimum absolute atomic E-state index is 0.226. The lowest BCUT2D eigenvalue weighted by Gasteiger charge is -2.37. The Hall–Kier alpha value is -2.41. The van der Waals surface area contributed by atoms with E-state index in [2.05, 4.69) is 27.3 Å². The topological polar surface area (TPSA) is 54.2 Å². The van der Waals surface area contributed by atoms with Gasteiger partial charge in [0.15, 0.2) is 5.11 Å². The van der Waals surface area contributed by atoms with Crippen LogP contribution in [0.4, 0.5) is 0 Å². The molecule has 30 heavy (non-hydrogen) atoms. The summed E-state index contributed by atoms with van der Waals surface area (Å²) in [6.07, 6.45) is 0.954. The van der Waals surface area contributed by atoms with Crippen LogP contribution in [-0.2, 0) is 0 Å². The molecule has 0 bridgehead atoms. The third-order valence-electron chi connectivity index (χ3n) is 4.99. The van der Waals surface area contributed by atoms with E-state index < -0.39 is 0 Å². The van der Waals surface area contributed by atoms with Crippen LogP contribution in [0, 0.1) is 0 Å². The first-order valence-corrected chi connectivity index (χ1v) is 10.8. The molecule has 1 aromatic heterocycles. The second kappa shape index (κ2) is 8.76. The number of aromatic nitrogens is 2. The second-order valence-electron chi connectivity index (χ2n) is 7.02. The van der Waals surface area contributed by atoms with Crippen molar-refractivity contribution in [2.75, 3.05) is 6.54 Å². The number of hydrogen-bond acceptors (Lipinski definition) is 4. The van der Waals surface area contributed by atoms with Gasteiger partial charge in [0.05, 0.1) is 11.6 Å². The van der Waals surface area contributed by atoms with Gasteiger partial charge in [-0.05, 0) is 55.4 Å². The van der Waals surface area contributed by atoms with Crippen LogP contribution < -0.4 is 5.32 Å². The predicted octanol–water partition coefficient (Wildman–Crippen LogP) is 6.12. The first kappa shape index (κ1) is 20.8. The SMILES string of the molecule is CCCN1C(=S)NC(c2ccc(Cl)cc2)C(c2nc(-c3cccc(Cl)c3)no2)=C1C. The van der Waals surface area contributed by atoms with Gasteiger partial charge in [-0.15, -0.1) is 0 Å². The molecule has 3 aromatic rings. The lowest BCUT2D eigenvalue weighted by Crippen LogP contribution is -2.46. The molecule has 4 rings (SSSR count). The number of nitrogens with zero attached hydrogens (tertiary/aromatic N) is 3. The van der Waals surface area contributed by atoms with Crippen LogP contribution in [0.2, 0.25) is 10.0 Å². The highest BCUT2D eigenvalue weighted by Gasteiger charge is 2.33. The summed E-state index contributed by atoms with van der Waals surface area (Å²) >= 11 is 17.9. The fourth-order valence-electron chi connectivity index (χ4n) is 3.53. The summed E-state index contributed by atoms with van der Waals surface area (Å²) < 4.78 is 5.71. The monoisotopic (exact) mass is 458 g/mol. The number of thiocarbonyl (C=S) groups is 1. The summed E-state index contributed by atoms with van der Waals surface area (Å²) in [6.45, 7) is 4.94. The van der Waals surface area contributed by atoms with Gasteiger partial charge < -0.3 is 14.7 Å². The smallest absolute Gasteiger partial charge is 0.258 e. The number of hydrogen-bond donors (Lipinski definition) is 1. The van der Waals surface area contributed by atoms with Crippen molar-refractivity contribution in [3.8, 4) is 11.4 Å². The predicted molar refractivity (Wildman–Crippen MR) is 124 cm³/mol. The minimum atomic E-state index is -0.226. The van der Waals surface area contributed by atoms with E-state index >= 15 is 0 Å². The first-order valence-electron chi connectivity index (χ1n) is 9.62. The molecule has 1 aliphatic heterocycles. The molecule has 0 fully saturated rings. The molecule has 1 atom stereocenters. The highest BCUT2D eigenvalue weighted by molar-refractivity contribution is 7.80. The molecule has 154 valence electrons. The van der Waals surface area contributed by atoms with E-state index in [1.165, 1.54) is 0 Å². The molecular weight excluding hydrogens is 439 g/mol. The Bertz CT molecular complexity index is 1110. The van der Waals surface area contributed by atoms with Crippen LogP contribution in [0.1, 0.15) is 37.8 Å². The largest absolute Gasteiger partial charge is 0.351 e. The zero-order chi connectivity index (χ0) is 21.3. The van der Waals surface area contributed by atoms with E-state index in [-0.39, 0.29) is 6.04 Å². The molecule has 0 aliphatic carbocycles. The van der Waals surface area contributed by atoms with Crippen LogP contribution in [-0.4, -0.2) is 26.7 Å². The third kappa shape index (κ3) is 4.08. The van der Waals surface area contributed by atoms with Crippen molar-refractivity contribution in [3.05, 3.63) is 75.7 Å². The third-order valence-corrected chi connectivity index (χ3v) is 5.81. The van der Waals surface area contributed by atoms with Gasteiger partial charge in [-0.1, -0.05) is 59.5 Å². The van der Waals surface area contributed by atoms with Crippen molar-refractivity contribution in [2.45, 2.75) is 26.3 Å². The Kier molecular flexibility index (Phi) is 6.09. The molecule has 0 spiro atoms. The Morgan fingerprint density at radius 2 is 1.90 bits per heavy atom. The van der Waals surface area contributed by atoms with Crippen LogP contribution in [0.25, 0.3) is 17.0 Å². The molecule has 0 saturated carbocycles. The van der Waals surface area contributed by atoms with Crippen molar-refractivity contribution in [2.24, 2.45) is 0 Å². The van der Waals surface area contributed by atoms with E-state index in [0.717, 1.165) is 35.4 Å². The van der Waals surface area contributed by atoms with Gasteiger partial charge in [0.2, 0.25) is 5.82 Å². The maximum absolute atomic E-state index is 6.12. The van der Waals surface area contributed by atoms with E-state index in [9.17, 15) is 0 Å². The molecular formula is C22H20Cl2N4OS. The van der Waals surface area contributed by atoms with Crippen molar-refractivity contribution >= 4 is 46.1 Å². The molecule has 0 amide bonds. The average Bonchev–Trinajstić information content (AvgIpc) is 3.21. The molecule has 0 saturated heterocycles.